The summed E-state index contributed by atoms with van der Waals surface area (Å²) < 4.78 is 10.8. The van der Waals surface area contributed by atoms with Gasteiger partial charge in [-0.05, 0) is 32.0 Å². The lowest BCUT2D eigenvalue weighted by Gasteiger charge is -2.42. The van der Waals surface area contributed by atoms with Crippen molar-refractivity contribution in [3.05, 3.63) is 23.5 Å². The molecule has 1 saturated heterocycles. The van der Waals surface area contributed by atoms with Crippen molar-refractivity contribution in [2.45, 2.75) is 49.6 Å². The summed E-state index contributed by atoms with van der Waals surface area (Å²) in [6.07, 6.45) is -4.44. The number of hydrogen-bond acceptors (Lipinski definition) is 9. The van der Waals surface area contributed by atoms with Crippen molar-refractivity contribution < 1.29 is 39.5 Å². The zero-order valence-corrected chi connectivity index (χ0v) is 14.0. The number of ether oxygens (including phenoxy) is 2. The molecular formula is C15H24N2O8. The number of nitrogens with one attached hydrogen (secondary N) is 1. The Morgan fingerprint density at radius 1 is 1.36 bits per heavy atom. The number of aliphatic carboxylic acids is 1. The number of likely N-dealkylation sites (N-methyl/N-ethyl adjacent to an activating group) is 1. The van der Waals surface area contributed by atoms with Gasteiger partial charge in [0.05, 0.1) is 12.1 Å². The number of aliphatic hydroxyl groups is 3. The van der Waals surface area contributed by atoms with E-state index in [4.69, 9.17) is 20.5 Å². The molecule has 6 atom stereocenters. The summed E-state index contributed by atoms with van der Waals surface area (Å²) >= 11 is 0. The SMILES string of the molecule is CNC1(C)CC(CON)=CC=C1O[C@@H]1O[C@H](C(=O)O)[C@@H](O)C(O)[C@H]1O. The lowest BCUT2D eigenvalue weighted by molar-refractivity contribution is -0.286. The van der Waals surface area contributed by atoms with Gasteiger partial charge >= 0.3 is 5.97 Å². The van der Waals surface area contributed by atoms with Gasteiger partial charge in [0.2, 0.25) is 6.29 Å². The standard InChI is InChI=1S/C15H24N2O8/c1-15(17-2)5-7(6-23-16)3-4-8(15)24-14-11(20)9(18)10(19)12(25-14)13(21)22/h3-4,9-12,14,17-20H,5-6,16H2,1-2H3,(H,21,22)/t9?,10-,11+,12-,14+,15?/m0/s1. The predicted octanol–water partition coefficient (Wildman–Crippen LogP) is -2.02. The highest BCUT2D eigenvalue weighted by Gasteiger charge is 2.49. The zero-order chi connectivity index (χ0) is 18.8. The van der Waals surface area contributed by atoms with Crippen LogP contribution in [0.25, 0.3) is 0 Å². The number of carbonyl (C=O) groups is 1. The van der Waals surface area contributed by atoms with Gasteiger partial charge in [0, 0.05) is 0 Å². The summed E-state index contributed by atoms with van der Waals surface area (Å²) in [5, 5.41) is 41.8. The van der Waals surface area contributed by atoms with Crippen LogP contribution in [0.15, 0.2) is 23.5 Å². The fourth-order valence-electron chi connectivity index (χ4n) is 2.84. The van der Waals surface area contributed by atoms with Gasteiger partial charge in [0.25, 0.3) is 0 Å². The number of aliphatic hydroxyl groups excluding tert-OH is 3. The van der Waals surface area contributed by atoms with E-state index in [0.717, 1.165) is 5.57 Å². The van der Waals surface area contributed by atoms with E-state index in [1.807, 2.05) is 6.92 Å². The minimum atomic E-state index is -1.77. The Morgan fingerprint density at radius 3 is 2.60 bits per heavy atom. The first-order valence-electron chi connectivity index (χ1n) is 7.73. The molecule has 0 amide bonds. The highest BCUT2D eigenvalue weighted by molar-refractivity contribution is 5.73. The molecule has 1 aliphatic heterocycles. The maximum atomic E-state index is 11.2. The maximum Gasteiger partial charge on any atom is 0.335 e. The Balaban J connectivity index is 2.22. The van der Waals surface area contributed by atoms with Crippen molar-refractivity contribution >= 4 is 5.97 Å². The molecule has 1 heterocycles. The summed E-state index contributed by atoms with van der Waals surface area (Å²) in [7, 11) is 1.71. The average molecular weight is 360 g/mol. The average Bonchev–Trinajstić information content (AvgIpc) is 2.57. The maximum absolute atomic E-state index is 11.2. The molecule has 25 heavy (non-hydrogen) atoms. The van der Waals surface area contributed by atoms with E-state index >= 15 is 0 Å². The summed E-state index contributed by atoms with van der Waals surface area (Å²) in [5.74, 6) is 3.99. The molecule has 2 unspecified atom stereocenters. The minimum Gasteiger partial charge on any atom is -0.479 e. The Labute approximate surface area is 144 Å². The number of rotatable bonds is 6. The Kier molecular flexibility index (Phi) is 6.16. The van der Waals surface area contributed by atoms with Crippen molar-refractivity contribution in [2.75, 3.05) is 13.7 Å². The summed E-state index contributed by atoms with van der Waals surface area (Å²) in [4.78, 5) is 15.8. The van der Waals surface area contributed by atoms with Gasteiger partial charge in [-0.2, -0.15) is 0 Å². The van der Waals surface area contributed by atoms with Gasteiger partial charge in [-0.1, -0.05) is 6.08 Å². The molecule has 0 saturated carbocycles. The van der Waals surface area contributed by atoms with E-state index in [9.17, 15) is 20.1 Å². The monoisotopic (exact) mass is 360 g/mol. The third kappa shape index (κ3) is 4.01. The topological polar surface area (TPSA) is 164 Å². The van der Waals surface area contributed by atoms with Gasteiger partial charge in [-0.3, -0.25) is 0 Å². The van der Waals surface area contributed by atoms with Crippen LogP contribution in [0.4, 0.5) is 0 Å². The summed E-state index contributed by atoms with van der Waals surface area (Å²) in [5.41, 5.74) is 0.210. The van der Waals surface area contributed by atoms with Crippen molar-refractivity contribution in [1.82, 2.24) is 5.32 Å². The van der Waals surface area contributed by atoms with Crippen molar-refractivity contribution in [2.24, 2.45) is 5.90 Å². The van der Waals surface area contributed by atoms with Gasteiger partial charge in [-0.15, -0.1) is 0 Å². The number of allylic oxidation sites excluding steroid dienone is 2. The normalized spacial score (nSPS) is 38.7. The van der Waals surface area contributed by atoms with Gasteiger partial charge in [0.1, 0.15) is 24.1 Å². The first-order chi connectivity index (χ1) is 11.7. The van der Waals surface area contributed by atoms with Crippen LogP contribution < -0.4 is 11.2 Å². The molecule has 0 aromatic rings. The fourth-order valence-corrected chi connectivity index (χ4v) is 2.84. The van der Waals surface area contributed by atoms with Gasteiger partial charge in [-0.25, -0.2) is 10.7 Å². The van der Waals surface area contributed by atoms with Crippen LogP contribution in [-0.2, 0) is 19.1 Å². The molecule has 0 radical (unpaired) electrons. The van der Waals surface area contributed by atoms with Crippen LogP contribution in [0.5, 0.6) is 0 Å². The van der Waals surface area contributed by atoms with Crippen LogP contribution in [0.3, 0.4) is 0 Å². The summed E-state index contributed by atoms with van der Waals surface area (Å²) in [6.45, 7) is 2.06. The lowest BCUT2D eigenvalue weighted by Crippen LogP contribution is -2.61. The van der Waals surface area contributed by atoms with Crippen LogP contribution in [0, 0.1) is 0 Å². The molecule has 2 rings (SSSR count). The van der Waals surface area contributed by atoms with E-state index in [-0.39, 0.29) is 6.61 Å². The molecule has 0 aromatic heterocycles. The Hall–Kier alpha value is -1.53. The zero-order valence-electron chi connectivity index (χ0n) is 14.0. The first kappa shape index (κ1) is 19.8. The minimum absolute atomic E-state index is 0.232. The van der Waals surface area contributed by atoms with Gasteiger partial charge < -0.3 is 40.1 Å². The van der Waals surface area contributed by atoms with E-state index in [0.29, 0.717) is 12.2 Å². The highest BCUT2D eigenvalue weighted by Crippen LogP contribution is 2.33. The number of nitrogens with two attached hydrogens (primary N) is 1. The van der Waals surface area contributed by atoms with Crippen LogP contribution in [0.2, 0.25) is 0 Å². The smallest absolute Gasteiger partial charge is 0.335 e. The van der Waals surface area contributed by atoms with Crippen LogP contribution in [0.1, 0.15) is 13.3 Å². The van der Waals surface area contributed by atoms with Crippen molar-refractivity contribution in [3.8, 4) is 0 Å². The quantitative estimate of drug-likeness (QED) is 0.291. The van der Waals surface area contributed by atoms with Gasteiger partial charge in [0.15, 0.2) is 6.10 Å². The lowest BCUT2D eigenvalue weighted by atomic mass is 9.86. The number of carboxylic acid groups (broad SMARTS) is 1. The second-order valence-corrected chi connectivity index (χ2v) is 6.28. The third-order valence-corrected chi connectivity index (χ3v) is 4.47. The molecule has 7 N–H and O–H groups in total. The first-order valence-corrected chi connectivity index (χ1v) is 7.73. The molecule has 142 valence electrons. The third-order valence-electron chi connectivity index (χ3n) is 4.47. The molecule has 1 fully saturated rings. The van der Waals surface area contributed by atoms with Crippen molar-refractivity contribution in [3.63, 3.8) is 0 Å². The molecular weight excluding hydrogens is 336 g/mol. The van der Waals surface area contributed by atoms with E-state index in [2.05, 4.69) is 10.2 Å². The summed E-state index contributed by atoms with van der Waals surface area (Å²) in [6, 6.07) is 0. The number of hydrogen-bond donors (Lipinski definition) is 6. The van der Waals surface area contributed by atoms with E-state index in [1.54, 1.807) is 19.2 Å². The predicted molar refractivity (Wildman–Crippen MR) is 83.8 cm³/mol. The Bertz CT molecular complexity index is 566. The molecule has 10 heteroatoms. The molecule has 0 aromatic carbocycles. The molecule has 0 bridgehead atoms. The van der Waals surface area contributed by atoms with E-state index < -0.39 is 42.2 Å². The second kappa shape index (κ2) is 7.79. The molecule has 2 aliphatic rings. The fraction of sp³-hybridized carbons (Fsp3) is 0.667. The van der Waals surface area contributed by atoms with Crippen molar-refractivity contribution in [1.29, 1.82) is 0 Å². The van der Waals surface area contributed by atoms with Crippen LogP contribution >= 0.6 is 0 Å². The largest absolute Gasteiger partial charge is 0.479 e. The van der Waals surface area contributed by atoms with E-state index in [1.165, 1.54) is 0 Å². The molecule has 10 nitrogen and oxygen atoms in total. The molecule has 0 spiro atoms. The Morgan fingerprint density at radius 2 is 2.04 bits per heavy atom. The van der Waals surface area contributed by atoms with Crippen LogP contribution in [-0.4, -0.2) is 76.3 Å². The number of carboxylic acids is 1. The second-order valence-electron chi connectivity index (χ2n) is 6.28. The highest BCUT2D eigenvalue weighted by atomic mass is 16.7. The molecule has 1 aliphatic carbocycles.